The van der Waals surface area contributed by atoms with Crippen molar-refractivity contribution in [2.75, 3.05) is 11.1 Å². The van der Waals surface area contributed by atoms with Crippen LogP contribution in [0.1, 0.15) is 22.3 Å². The summed E-state index contributed by atoms with van der Waals surface area (Å²) in [4.78, 5) is 12.6. The molecule has 1 aromatic heterocycles. The Labute approximate surface area is 163 Å². The lowest BCUT2D eigenvalue weighted by Crippen LogP contribution is -2.21. The van der Waals surface area contributed by atoms with Gasteiger partial charge in [-0.05, 0) is 37.5 Å². The number of hydrogen-bond acceptors (Lipinski definition) is 5. The fraction of sp³-hybridized carbons (Fsp3) is 0.250. The molecule has 0 aliphatic heterocycles. The maximum Gasteiger partial charge on any atom is 0.244 e. The highest BCUT2D eigenvalue weighted by molar-refractivity contribution is 7.98. The van der Waals surface area contributed by atoms with Crippen LogP contribution in [0.4, 0.5) is 11.6 Å². The first kappa shape index (κ1) is 19.0. The summed E-state index contributed by atoms with van der Waals surface area (Å²) in [6.07, 6.45) is 0. The first-order valence-corrected chi connectivity index (χ1v) is 9.65. The van der Waals surface area contributed by atoms with Gasteiger partial charge in [0.1, 0.15) is 6.54 Å². The van der Waals surface area contributed by atoms with Crippen molar-refractivity contribution in [3.8, 4) is 0 Å². The maximum absolute atomic E-state index is 12.6. The molecule has 7 heteroatoms. The second kappa shape index (κ2) is 8.26. The Kier molecular flexibility index (Phi) is 5.81. The molecule has 140 valence electrons. The number of benzene rings is 2. The summed E-state index contributed by atoms with van der Waals surface area (Å²) in [7, 11) is 0. The molecule has 3 rings (SSSR count). The maximum atomic E-state index is 12.6. The summed E-state index contributed by atoms with van der Waals surface area (Å²) in [5, 5.41) is 11.7. The summed E-state index contributed by atoms with van der Waals surface area (Å²) >= 11 is 1.51. The van der Waals surface area contributed by atoms with Crippen molar-refractivity contribution in [1.82, 2.24) is 14.8 Å². The van der Waals surface area contributed by atoms with Crippen molar-refractivity contribution in [3.63, 3.8) is 0 Å². The third-order valence-electron chi connectivity index (χ3n) is 4.20. The zero-order valence-electron chi connectivity index (χ0n) is 15.7. The Morgan fingerprint density at radius 2 is 1.78 bits per heavy atom. The SMILES string of the molecule is Cc1cc(C)c(NC(=O)Cn2c(N)nnc2SCc2ccccc2)c(C)c1. The number of nitrogen functional groups attached to an aromatic ring is 1. The van der Waals surface area contributed by atoms with E-state index in [9.17, 15) is 4.79 Å². The minimum Gasteiger partial charge on any atom is -0.368 e. The van der Waals surface area contributed by atoms with Gasteiger partial charge in [-0.15, -0.1) is 10.2 Å². The zero-order valence-corrected chi connectivity index (χ0v) is 16.5. The zero-order chi connectivity index (χ0) is 19.4. The standard InChI is InChI=1S/C20H23N5OS/c1-13-9-14(2)18(15(3)10-13)22-17(26)11-25-19(21)23-24-20(25)27-12-16-7-5-4-6-8-16/h4-10H,11-12H2,1-3H3,(H2,21,23)(H,22,26). The van der Waals surface area contributed by atoms with Crippen molar-refractivity contribution in [1.29, 1.82) is 0 Å². The summed E-state index contributed by atoms with van der Waals surface area (Å²) in [6, 6.07) is 14.2. The van der Waals surface area contributed by atoms with Gasteiger partial charge in [-0.2, -0.15) is 0 Å². The molecule has 0 bridgehead atoms. The third-order valence-corrected chi connectivity index (χ3v) is 5.24. The number of nitrogens with one attached hydrogen (secondary N) is 1. The molecule has 0 spiro atoms. The van der Waals surface area contributed by atoms with Crippen LogP contribution in [0.2, 0.25) is 0 Å². The van der Waals surface area contributed by atoms with E-state index in [1.54, 1.807) is 4.57 Å². The fourth-order valence-electron chi connectivity index (χ4n) is 2.98. The smallest absolute Gasteiger partial charge is 0.244 e. The normalized spacial score (nSPS) is 10.8. The van der Waals surface area contributed by atoms with Gasteiger partial charge in [-0.3, -0.25) is 9.36 Å². The van der Waals surface area contributed by atoms with E-state index in [1.807, 2.05) is 51.1 Å². The molecule has 0 atom stereocenters. The number of hydrogen-bond donors (Lipinski definition) is 2. The molecule has 1 amide bonds. The number of carbonyl (C=O) groups is 1. The van der Waals surface area contributed by atoms with E-state index in [1.165, 1.54) is 22.9 Å². The molecule has 6 nitrogen and oxygen atoms in total. The number of carbonyl (C=O) groups excluding carboxylic acids is 1. The van der Waals surface area contributed by atoms with Gasteiger partial charge in [0, 0.05) is 11.4 Å². The van der Waals surface area contributed by atoms with Gasteiger partial charge in [-0.25, -0.2) is 0 Å². The highest BCUT2D eigenvalue weighted by atomic mass is 32.2. The van der Waals surface area contributed by atoms with E-state index >= 15 is 0 Å². The Morgan fingerprint density at radius 1 is 1.11 bits per heavy atom. The molecule has 3 N–H and O–H groups in total. The van der Waals surface area contributed by atoms with E-state index in [2.05, 4.69) is 27.6 Å². The van der Waals surface area contributed by atoms with Crippen molar-refractivity contribution >= 4 is 29.3 Å². The molecule has 0 saturated carbocycles. The number of amides is 1. The van der Waals surface area contributed by atoms with E-state index in [-0.39, 0.29) is 18.4 Å². The quantitative estimate of drug-likeness (QED) is 0.636. The van der Waals surface area contributed by atoms with Crippen LogP contribution in [0.25, 0.3) is 0 Å². The monoisotopic (exact) mass is 381 g/mol. The second-order valence-electron chi connectivity index (χ2n) is 6.52. The van der Waals surface area contributed by atoms with Crippen LogP contribution < -0.4 is 11.1 Å². The molecular formula is C20H23N5OS. The van der Waals surface area contributed by atoms with Crippen LogP contribution in [0, 0.1) is 20.8 Å². The van der Waals surface area contributed by atoms with Crippen LogP contribution in [0.15, 0.2) is 47.6 Å². The number of nitrogens with zero attached hydrogens (tertiary/aromatic N) is 3. The van der Waals surface area contributed by atoms with Crippen LogP contribution in [-0.4, -0.2) is 20.7 Å². The van der Waals surface area contributed by atoms with Crippen LogP contribution in [-0.2, 0) is 17.1 Å². The minimum atomic E-state index is -0.155. The molecule has 3 aromatic rings. The molecule has 0 unspecified atom stereocenters. The summed E-state index contributed by atoms with van der Waals surface area (Å²) in [6.45, 7) is 6.09. The predicted molar refractivity (Wildman–Crippen MR) is 110 cm³/mol. The molecule has 0 radical (unpaired) electrons. The predicted octanol–water partition coefficient (Wildman–Crippen LogP) is 3.72. The van der Waals surface area contributed by atoms with Crippen LogP contribution in [0.3, 0.4) is 0 Å². The van der Waals surface area contributed by atoms with Gasteiger partial charge in [0.05, 0.1) is 0 Å². The summed E-state index contributed by atoms with van der Waals surface area (Å²) in [5.74, 6) is 0.813. The topological polar surface area (TPSA) is 85.8 Å². The first-order chi connectivity index (χ1) is 12.9. The van der Waals surface area contributed by atoms with Crippen molar-refractivity contribution in [2.45, 2.75) is 38.2 Å². The van der Waals surface area contributed by atoms with Gasteiger partial charge >= 0.3 is 0 Å². The van der Waals surface area contributed by atoms with E-state index in [4.69, 9.17) is 5.73 Å². The summed E-state index contributed by atoms with van der Waals surface area (Å²) in [5.41, 5.74) is 11.2. The second-order valence-corrected chi connectivity index (χ2v) is 7.47. The molecular weight excluding hydrogens is 358 g/mol. The van der Waals surface area contributed by atoms with Gasteiger partial charge in [0.25, 0.3) is 0 Å². The number of rotatable bonds is 6. The highest BCUT2D eigenvalue weighted by Gasteiger charge is 2.15. The lowest BCUT2D eigenvalue weighted by atomic mass is 10.1. The van der Waals surface area contributed by atoms with Crippen LogP contribution >= 0.6 is 11.8 Å². The van der Waals surface area contributed by atoms with E-state index in [0.29, 0.717) is 5.16 Å². The number of aryl methyl sites for hydroxylation is 3. The molecule has 0 fully saturated rings. The summed E-state index contributed by atoms with van der Waals surface area (Å²) < 4.78 is 1.64. The third kappa shape index (κ3) is 4.68. The molecule has 1 heterocycles. The highest BCUT2D eigenvalue weighted by Crippen LogP contribution is 2.24. The molecule has 2 aromatic carbocycles. The Bertz CT molecular complexity index is 929. The lowest BCUT2D eigenvalue weighted by Gasteiger charge is -2.14. The van der Waals surface area contributed by atoms with Crippen molar-refractivity contribution in [3.05, 3.63) is 64.7 Å². The van der Waals surface area contributed by atoms with Crippen molar-refractivity contribution < 1.29 is 4.79 Å². The van der Waals surface area contributed by atoms with Gasteiger partial charge in [-0.1, -0.05) is 59.8 Å². The van der Waals surface area contributed by atoms with E-state index in [0.717, 1.165) is 22.6 Å². The average molecular weight is 382 g/mol. The number of anilines is 2. The lowest BCUT2D eigenvalue weighted by molar-refractivity contribution is -0.116. The number of nitrogens with two attached hydrogens (primary N) is 1. The Morgan fingerprint density at radius 3 is 2.44 bits per heavy atom. The van der Waals surface area contributed by atoms with E-state index < -0.39 is 0 Å². The molecule has 0 aliphatic carbocycles. The molecule has 0 aliphatic rings. The molecule has 27 heavy (non-hydrogen) atoms. The Balaban J connectivity index is 1.70. The van der Waals surface area contributed by atoms with Gasteiger partial charge in [0.15, 0.2) is 5.16 Å². The number of aromatic nitrogens is 3. The minimum absolute atomic E-state index is 0.0721. The van der Waals surface area contributed by atoms with Crippen LogP contribution in [0.5, 0.6) is 0 Å². The largest absolute Gasteiger partial charge is 0.368 e. The van der Waals surface area contributed by atoms with Gasteiger partial charge < -0.3 is 11.1 Å². The van der Waals surface area contributed by atoms with Crippen molar-refractivity contribution in [2.24, 2.45) is 0 Å². The van der Waals surface area contributed by atoms with Gasteiger partial charge in [0.2, 0.25) is 11.9 Å². The number of thioether (sulfide) groups is 1. The first-order valence-electron chi connectivity index (χ1n) is 8.67. The fourth-order valence-corrected chi connectivity index (χ4v) is 3.88. The molecule has 0 saturated heterocycles. The Hall–Kier alpha value is -2.80. The average Bonchev–Trinajstić information content (AvgIpc) is 2.97.